The lowest BCUT2D eigenvalue weighted by Gasteiger charge is -2.02. The molecule has 0 aromatic rings. The van der Waals surface area contributed by atoms with Gasteiger partial charge in [0, 0.05) is 12.8 Å². The zero-order chi connectivity index (χ0) is 10.9. The minimum atomic E-state index is -0.220. The highest BCUT2D eigenvalue weighted by Crippen LogP contribution is 2.11. The van der Waals surface area contributed by atoms with E-state index in [4.69, 9.17) is 4.74 Å². The van der Waals surface area contributed by atoms with Gasteiger partial charge in [0.15, 0.2) is 5.78 Å². The quantitative estimate of drug-likeness (QED) is 0.580. The first-order valence-electron chi connectivity index (χ1n) is 5.96. The third-order valence-corrected chi connectivity index (χ3v) is 2.73. The summed E-state index contributed by atoms with van der Waals surface area (Å²) in [6.45, 7) is -0.0150. The van der Waals surface area contributed by atoms with E-state index in [0.717, 1.165) is 25.7 Å². The molecule has 0 spiro atoms. The second kappa shape index (κ2) is 7.43. The smallest absolute Gasteiger partial charge is 0.306 e. The number of ether oxygens (including phenoxy) is 1. The first-order chi connectivity index (χ1) is 7.29. The summed E-state index contributed by atoms with van der Waals surface area (Å²) in [6, 6.07) is 0. The Kier molecular flexibility index (Phi) is 6.05. The fraction of sp³-hybridized carbons (Fsp3) is 0.833. The predicted molar refractivity (Wildman–Crippen MR) is 57.5 cm³/mol. The van der Waals surface area contributed by atoms with Crippen LogP contribution in [0.2, 0.25) is 0 Å². The predicted octanol–water partition coefficient (Wildman–Crippen LogP) is 2.62. The molecule has 1 rings (SSSR count). The number of hydrogen-bond donors (Lipinski definition) is 0. The molecule has 1 aliphatic rings. The van der Waals surface area contributed by atoms with Crippen LogP contribution in [0.4, 0.5) is 0 Å². The average Bonchev–Trinajstić information content (AvgIpc) is 2.24. The highest BCUT2D eigenvalue weighted by Gasteiger charge is 2.08. The molecular formula is C12H20O3. The van der Waals surface area contributed by atoms with E-state index in [1.165, 1.54) is 19.3 Å². The van der Waals surface area contributed by atoms with Gasteiger partial charge in [-0.15, -0.1) is 0 Å². The number of cyclic esters (lactones) is 1. The summed E-state index contributed by atoms with van der Waals surface area (Å²) in [5.41, 5.74) is 0. The van der Waals surface area contributed by atoms with Crippen molar-refractivity contribution < 1.29 is 14.3 Å². The van der Waals surface area contributed by atoms with Crippen LogP contribution < -0.4 is 0 Å². The molecule has 3 nitrogen and oxygen atoms in total. The van der Waals surface area contributed by atoms with Gasteiger partial charge in [-0.3, -0.25) is 9.59 Å². The van der Waals surface area contributed by atoms with Gasteiger partial charge in [0.2, 0.25) is 0 Å². The van der Waals surface area contributed by atoms with Crippen LogP contribution in [0.1, 0.15) is 57.8 Å². The normalized spacial score (nSPS) is 22.1. The van der Waals surface area contributed by atoms with Gasteiger partial charge in [0.05, 0.1) is 0 Å². The van der Waals surface area contributed by atoms with Gasteiger partial charge >= 0.3 is 5.97 Å². The molecule has 0 saturated carbocycles. The standard InChI is InChI=1S/C12H20O3/c13-11-8-6-4-2-1-3-5-7-9-12(14)15-10-11/h1-10H2. The zero-order valence-electron chi connectivity index (χ0n) is 9.30. The molecule has 1 saturated heterocycles. The number of esters is 1. The molecule has 1 aliphatic heterocycles. The van der Waals surface area contributed by atoms with Crippen molar-refractivity contribution >= 4 is 11.8 Å². The van der Waals surface area contributed by atoms with Gasteiger partial charge in [0.25, 0.3) is 0 Å². The Morgan fingerprint density at radius 1 is 0.733 bits per heavy atom. The van der Waals surface area contributed by atoms with Gasteiger partial charge in [0.1, 0.15) is 6.61 Å². The largest absolute Gasteiger partial charge is 0.458 e. The van der Waals surface area contributed by atoms with E-state index in [-0.39, 0.29) is 18.4 Å². The Morgan fingerprint density at radius 2 is 1.27 bits per heavy atom. The van der Waals surface area contributed by atoms with Crippen LogP contribution in [0.25, 0.3) is 0 Å². The maximum absolute atomic E-state index is 11.3. The molecule has 0 aromatic heterocycles. The van der Waals surface area contributed by atoms with Gasteiger partial charge in [-0.25, -0.2) is 0 Å². The van der Waals surface area contributed by atoms with E-state index < -0.39 is 0 Å². The van der Waals surface area contributed by atoms with Crippen LogP contribution in [-0.2, 0) is 14.3 Å². The Labute approximate surface area is 91.2 Å². The van der Waals surface area contributed by atoms with Crippen LogP contribution in [0.3, 0.4) is 0 Å². The maximum atomic E-state index is 11.3. The fourth-order valence-electron chi connectivity index (χ4n) is 1.78. The lowest BCUT2D eigenvalue weighted by atomic mass is 10.1. The third kappa shape index (κ3) is 6.26. The van der Waals surface area contributed by atoms with E-state index >= 15 is 0 Å². The van der Waals surface area contributed by atoms with Crippen molar-refractivity contribution in [2.75, 3.05) is 6.61 Å². The molecule has 0 bridgehead atoms. The van der Waals surface area contributed by atoms with Gasteiger partial charge in [-0.1, -0.05) is 32.1 Å². The highest BCUT2D eigenvalue weighted by molar-refractivity contribution is 5.82. The van der Waals surface area contributed by atoms with Crippen LogP contribution >= 0.6 is 0 Å². The first-order valence-corrected chi connectivity index (χ1v) is 5.96. The number of hydrogen-bond acceptors (Lipinski definition) is 3. The van der Waals surface area contributed by atoms with Crippen molar-refractivity contribution in [2.45, 2.75) is 57.8 Å². The van der Waals surface area contributed by atoms with Crippen molar-refractivity contribution in [3.05, 3.63) is 0 Å². The van der Waals surface area contributed by atoms with E-state index in [1.54, 1.807) is 0 Å². The number of Topliss-reactive ketones (excluding diaryl/α,β-unsaturated/α-hetero) is 1. The van der Waals surface area contributed by atoms with Crippen molar-refractivity contribution in [2.24, 2.45) is 0 Å². The van der Waals surface area contributed by atoms with Crippen LogP contribution in [0, 0.1) is 0 Å². The van der Waals surface area contributed by atoms with E-state index in [9.17, 15) is 9.59 Å². The minimum Gasteiger partial charge on any atom is -0.458 e. The van der Waals surface area contributed by atoms with E-state index in [1.807, 2.05) is 0 Å². The molecule has 0 amide bonds. The number of carbonyl (C=O) groups is 2. The molecule has 0 radical (unpaired) electrons. The van der Waals surface area contributed by atoms with Crippen LogP contribution in [-0.4, -0.2) is 18.4 Å². The van der Waals surface area contributed by atoms with Crippen molar-refractivity contribution in [1.29, 1.82) is 0 Å². The molecule has 1 heterocycles. The molecule has 0 aliphatic carbocycles. The Hall–Kier alpha value is -0.860. The molecule has 0 atom stereocenters. The summed E-state index contributed by atoms with van der Waals surface area (Å²) in [6.07, 6.45) is 8.72. The highest BCUT2D eigenvalue weighted by atomic mass is 16.5. The lowest BCUT2D eigenvalue weighted by Crippen LogP contribution is -2.13. The molecule has 15 heavy (non-hydrogen) atoms. The van der Waals surface area contributed by atoms with E-state index in [0.29, 0.717) is 12.8 Å². The number of carbonyl (C=O) groups excluding carboxylic acids is 2. The molecule has 86 valence electrons. The summed E-state index contributed by atoms with van der Waals surface area (Å²) >= 11 is 0. The molecule has 1 fully saturated rings. The van der Waals surface area contributed by atoms with Gasteiger partial charge in [-0.05, 0) is 12.8 Å². The summed E-state index contributed by atoms with van der Waals surface area (Å²) in [7, 11) is 0. The van der Waals surface area contributed by atoms with Gasteiger partial charge in [-0.2, -0.15) is 0 Å². The SMILES string of the molecule is O=C1CCCCCCCCCC(=O)OC1. The van der Waals surface area contributed by atoms with Gasteiger partial charge < -0.3 is 4.74 Å². The van der Waals surface area contributed by atoms with Crippen molar-refractivity contribution in [3.63, 3.8) is 0 Å². The lowest BCUT2D eigenvalue weighted by molar-refractivity contribution is -0.148. The Bertz CT molecular complexity index is 189. The number of ketones is 1. The topological polar surface area (TPSA) is 43.4 Å². The summed E-state index contributed by atoms with van der Waals surface area (Å²) in [5, 5.41) is 0. The molecule has 0 N–H and O–H groups in total. The van der Waals surface area contributed by atoms with Crippen LogP contribution in [0.5, 0.6) is 0 Å². The second-order valence-corrected chi connectivity index (χ2v) is 4.17. The molecule has 0 unspecified atom stereocenters. The number of rotatable bonds is 0. The molecule has 3 heteroatoms. The minimum absolute atomic E-state index is 0.0150. The fourth-order valence-corrected chi connectivity index (χ4v) is 1.78. The van der Waals surface area contributed by atoms with Crippen molar-refractivity contribution in [1.82, 2.24) is 0 Å². The summed E-state index contributed by atoms with van der Waals surface area (Å²) in [5.74, 6) is -0.162. The monoisotopic (exact) mass is 212 g/mol. The van der Waals surface area contributed by atoms with Crippen molar-refractivity contribution in [3.8, 4) is 0 Å². The Balaban J connectivity index is 2.28. The third-order valence-electron chi connectivity index (χ3n) is 2.73. The molecule has 0 aromatic carbocycles. The summed E-state index contributed by atoms with van der Waals surface area (Å²) < 4.78 is 4.88. The Morgan fingerprint density at radius 3 is 1.93 bits per heavy atom. The first kappa shape index (κ1) is 12.2. The van der Waals surface area contributed by atoms with E-state index in [2.05, 4.69) is 0 Å². The zero-order valence-corrected chi connectivity index (χ0v) is 9.30. The second-order valence-electron chi connectivity index (χ2n) is 4.17. The van der Waals surface area contributed by atoms with Crippen LogP contribution in [0.15, 0.2) is 0 Å². The maximum Gasteiger partial charge on any atom is 0.306 e. The molecular weight excluding hydrogens is 192 g/mol. The summed E-state index contributed by atoms with van der Waals surface area (Å²) in [4.78, 5) is 22.4. The average molecular weight is 212 g/mol.